The highest BCUT2D eigenvalue weighted by molar-refractivity contribution is 5.70. The van der Waals surface area contributed by atoms with Gasteiger partial charge in [-0.15, -0.1) is 0 Å². The van der Waals surface area contributed by atoms with Gasteiger partial charge in [-0.1, -0.05) is 6.92 Å². The number of rotatable bonds is 0. The zero-order valence-corrected chi connectivity index (χ0v) is 10.1. The predicted molar refractivity (Wildman–Crippen MR) is 58.7 cm³/mol. The first-order valence-electron chi connectivity index (χ1n) is 5.90. The maximum Gasteiger partial charge on any atom is 0.410 e. The van der Waals surface area contributed by atoms with E-state index in [-0.39, 0.29) is 11.7 Å². The Hall–Kier alpha value is -0.730. The van der Waals surface area contributed by atoms with E-state index in [1.165, 1.54) is 0 Å². The second-order valence-electron chi connectivity index (χ2n) is 5.90. The van der Waals surface area contributed by atoms with Crippen LogP contribution in [0.25, 0.3) is 0 Å². The van der Waals surface area contributed by atoms with Crippen molar-refractivity contribution in [3.63, 3.8) is 0 Å². The van der Waals surface area contributed by atoms with E-state index < -0.39 is 0 Å². The number of carbonyl (C=O) groups is 1. The van der Waals surface area contributed by atoms with Crippen LogP contribution in [0.3, 0.4) is 0 Å². The summed E-state index contributed by atoms with van der Waals surface area (Å²) in [5.74, 6) is 0.649. The maximum atomic E-state index is 12.0. The summed E-state index contributed by atoms with van der Waals surface area (Å²) in [5.41, 5.74) is -0.373. The molecule has 0 aromatic rings. The van der Waals surface area contributed by atoms with Gasteiger partial charge in [-0.2, -0.15) is 0 Å². The number of nitrogens with zero attached hydrogens (tertiary/aromatic N) is 1. The molecule has 0 spiro atoms. The predicted octanol–water partition coefficient (Wildman–Crippen LogP) is 2.79. The van der Waals surface area contributed by atoms with Crippen LogP contribution in [-0.4, -0.2) is 28.7 Å². The van der Waals surface area contributed by atoms with Crippen LogP contribution in [0.15, 0.2) is 0 Å². The quantitative estimate of drug-likeness (QED) is 0.616. The van der Waals surface area contributed by atoms with E-state index >= 15 is 0 Å². The summed E-state index contributed by atoms with van der Waals surface area (Å²) in [6.45, 7) is 8.01. The fourth-order valence-corrected chi connectivity index (χ4v) is 2.89. The van der Waals surface area contributed by atoms with Crippen molar-refractivity contribution in [1.29, 1.82) is 0 Å². The van der Waals surface area contributed by atoms with Gasteiger partial charge in [-0.25, -0.2) is 4.79 Å². The summed E-state index contributed by atoms with van der Waals surface area (Å²) in [4.78, 5) is 14.0. The van der Waals surface area contributed by atoms with Gasteiger partial charge in [-0.05, 0) is 46.0 Å². The smallest absolute Gasteiger partial charge is 0.410 e. The third-order valence-corrected chi connectivity index (χ3v) is 3.45. The van der Waals surface area contributed by atoms with Crippen molar-refractivity contribution in [3.05, 3.63) is 0 Å². The van der Waals surface area contributed by atoms with Gasteiger partial charge in [-0.3, -0.25) is 0 Å². The van der Waals surface area contributed by atoms with Gasteiger partial charge in [0.05, 0.1) is 0 Å². The summed E-state index contributed by atoms with van der Waals surface area (Å²) in [6, 6.07) is 0.879. The molecule has 3 nitrogen and oxygen atoms in total. The van der Waals surface area contributed by atoms with Crippen molar-refractivity contribution in [2.45, 2.75) is 64.6 Å². The van der Waals surface area contributed by atoms with Gasteiger partial charge in [0.1, 0.15) is 5.60 Å². The van der Waals surface area contributed by atoms with Crippen LogP contribution in [0.2, 0.25) is 0 Å². The summed E-state index contributed by atoms with van der Waals surface area (Å²) in [5, 5.41) is 0. The van der Waals surface area contributed by atoms with Gasteiger partial charge < -0.3 is 9.64 Å². The van der Waals surface area contributed by atoms with E-state index in [1.807, 2.05) is 25.7 Å². The first-order chi connectivity index (χ1) is 6.88. The number of amides is 1. The van der Waals surface area contributed by atoms with E-state index in [0.717, 1.165) is 19.3 Å². The van der Waals surface area contributed by atoms with E-state index in [1.54, 1.807) is 0 Å². The number of hydrogen-bond donors (Lipinski definition) is 0. The Morgan fingerprint density at radius 1 is 1.33 bits per heavy atom. The van der Waals surface area contributed by atoms with Crippen LogP contribution >= 0.6 is 0 Å². The van der Waals surface area contributed by atoms with Crippen molar-refractivity contribution < 1.29 is 9.53 Å². The molecule has 0 aromatic heterocycles. The Kier molecular flexibility index (Phi) is 2.44. The molecule has 1 amide bonds. The van der Waals surface area contributed by atoms with Crippen LogP contribution in [-0.2, 0) is 4.74 Å². The molecule has 3 unspecified atom stereocenters. The van der Waals surface area contributed by atoms with E-state index in [2.05, 4.69) is 6.92 Å². The van der Waals surface area contributed by atoms with Gasteiger partial charge in [0, 0.05) is 12.1 Å². The molecule has 15 heavy (non-hydrogen) atoms. The number of ether oxygens (including phenoxy) is 1. The van der Waals surface area contributed by atoms with Gasteiger partial charge in [0.2, 0.25) is 0 Å². The minimum atomic E-state index is -0.373. The van der Waals surface area contributed by atoms with E-state index in [0.29, 0.717) is 18.0 Å². The lowest BCUT2D eigenvalue weighted by atomic mass is 9.91. The third-order valence-electron chi connectivity index (χ3n) is 3.45. The van der Waals surface area contributed by atoms with Crippen molar-refractivity contribution in [2.24, 2.45) is 5.92 Å². The fraction of sp³-hybridized carbons (Fsp3) is 0.917. The fourth-order valence-electron chi connectivity index (χ4n) is 2.89. The molecule has 2 heterocycles. The number of hydrogen-bond acceptors (Lipinski definition) is 2. The molecule has 3 atom stereocenters. The van der Waals surface area contributed by atoms with Gasteiger partial charge in [0.15, 0.2) is 0 Å². The zero-order valence-electron chi connectivity index (χ0n) is 10.1. The van der Waals surface area contributed by atoms with Crippen LogP contribution in [0.4, 0.5) is 4.79 Å². The molecule has 0 saturated carbocycles. The van der Waals surface area contributed by atoms with Crippen LogP contribution in [0.5, 0.6) is 0 Å². The second kappa shape index (κ2) is 3.39. The molecule has 2 bridgehead atoms. The highest BCUT2D eigenvalue weighted by Gasteiger charge is 2.47. The van der Waals surface area contributed by atoms with Crippen molar-refractivity contribution in [1.82, 2.24) is 4.90 Å². The SMILES string of the molecule is CC1CC2CCC1N2C(=O)OC(C)(C)C. The minimum absolute atomic E-state index is 0.112. The Bertz CT molecular complexity index is 269. The average Bonchev–Trinajstić information content (AvgIpc) is 2.55. The average molecular weight is 211 g/mol. The lowest BCUT2D eigenvalue weighted by Gasteiger charge is -2.27. The molecule has 2 aliphatic rings. The largest absolute Gasteiger partial charge is 0.444 e. The van der Waals surface area contributed by atoms with E-state index in [4.69, 9.17) is 4.74 Å². The molecule has 0 N–H and O–H groups in total. The zero-order chi connectivity index (χ0) is 11.2. The van der Waals surface area contributed by atoms with Gasteiger partial charge in [0.25, 0.3) is 0 Å². The molecule has 2 rings (SSSR count). The van der Waals surface area contributed by atoms with Crippen molar-refractivity contribution in [2.75, 3.05) is 0 Å². The topological polar surface area (TPSA) is 29.5 Å². The molecule has 3 heteroatoms. The molecule has 2 saturated heterocycles. The highest BCUT2D eigenvalue weighted by atomic mass is 16.6. The molecule has 2 fully saturated rings. The first-order valence-corrected chi connectivity index (χ1v) is 5.90. The van der Waals surface area contributed by atoms with Crippen LogP contribution < -0.4 is 0 Å². The molecule has 0 aromatic carbocycles. The summed E-state index contributed by atoms with van der Waals surface area (Å²) < 4.78 is 5.44. The van der Waals surface area contributed by atoms with Crippen LogP contribution in [0.1, 0.15) is 47.0 Å². The van der Waals surface area contributed by atoms with E-state index in [9.17, 15) is 4.79 Å². The lowest BCUT2D eigenvalue weighted by molar-refractivity contribution is 0.0207. The molecule has 0 aliphatic carbocycles. The molecular weight excluding hydrogens is 190 g/mol. The van der Waals surface area contributed by atoms with Crippen LogP contribution in [0, 0.1) is 5.92 Å². The summed E-state index contributed by atoms with van der Waals surface area (Å²) in [7, 11) is 0. The first kappa shape index (κ1) is 10.8. The highest BCUT2D eigenvalue weighted by Crippen LogP contribution is 2.41. The van der Waals surface area contributed by atoms with Crippen molar-refractivity contribution in [3.8, 4) is 0 Å². The Balaban J connectivity index is 2.03. The normalized spacial score (nSPS) is 34.7. The standard InChI is InChI=1S/C12H21NO2/c1-8-7-9-5-6-10(8)13(9)11(14)15-12(2,3)4/h8-10H,5-7H2,1-4H3. The maximum absolute atomic E-state index is 12.0. The Morgan fingerprint density at radius 2 is 2.00 bits per heavy atom. The summed E-state index contributed by atoms with van der Waals surface area (Å²) >= 11 is 0. The lowest BCUT2D eigenvalue weighted by Crippen LogP contribution is -2.40. The molecule has 2 aliphatic heterocycles. The monoisotopic (exact) mass is 211 g/mol. The third kappa shape index (κ3) is 1.97. The number of carbonyl (C=O) groups excluding carboxylic acids is 1. The van der Waals surface area contributed by atoms with Gasteiger partial charge >= 0.3 is 6.09 Å². The second-order valence-corrected chi connectivity index (χ2v) is 5.90. The summed E-state index contributed by atoms with van der Waals surface area (Å²) in [6.07, 6.45) is 3.36. The minimum Gasteiger partial charge on any atom is -0.444 e. The molecule has 86 valence electrons. The molecule has 0 radical (unpaired) electrons. The number of fused-ring (bicyclic) bond motifs is 2. The van der Waals surface area contributed by atoms with Crippen molar-refractivity contribution >= 4 is 6.09 Å². The Labute approximate surface area is 91.8 Å². The Morgan fingerprint density at radius 3 is 2.40 bits per heavy atom. The molecular formula is C12H21NO2.